The zero-order chi connectivity index (χ0) is 9.71. The molecule has 70 valence electrons. The lowest BCUT2D eigenvalue weighted by atomic mass is 10.1. The third-order valence-electron chi connectivity index (χ3n) is 2.28. The van der Waals surface area contributed by atoms with E-state index in [0.29, 0.717) is 6.54 Å². The molecule has 1 aliphatic heterocycles. The molecular formula is C8H4BrClN4. The van der Waals surface area contributed by atoms with Gasteiger partial charge in [0.2, 0.25) is 0 Å². The van der Waals surface area contributed by atoms with E-state index in [1.54, 1.807) is 4.68 Å². The molecule has 0 radical (unpaired) electrons. The minimum absolute atomic E-state index is 0.649. The smallest absolute Gasteiger partial charge is 0.182 e. The van der Waals surface area contributed by atoms with Crippen LogP contribution in [0.5, 0.6) is 0 Å². The van der Waals surface area contributed by atoms with Crippen molar-refractivity contribution in [2.75, 3.05) is 0 Å². The molecule has 0 saturated heterocycles. The molecule has 4 nitrogen and oxygen atoms in total. The molecule has 3 rings (SSSR count). The fourth-order valence-electron chi connectivity index (χ4n) is 1.61. The summed E-state index contributed by atoms with van der Waals surface area (Å²) in [5, 5.41) is 12.1. The van der Waals surface area contributed by atoms with Crippen LogP contribution in [0.4, 0.5) is 0 Å². The number of aromatic nitrogens is 4. The van der Waals surface area contributed by atoms with Gasteiger partial charge in [-0.2, -0.15) is 0 Å². The molecule has 0 unspecified atom stereocenters. The van der Waals surface area contributed by atoms with Gasteiger partial charge in [0.15, 0.2) is 5.82 Å². The fourth-order valence-corrected chi connectivity index (χ4v) is 2.21. The summed E-state index contributed by atoms with van der Waals surface area (Å²) in [6.45, 7) is 0.649. The summed E-state index contributed by atoms with van der Waals surface area (Å²) in [4.78, 5) is 0. The van der Waals surface area contributed by atoms with Crippen molar-refractivity contribution in [3.8, 4) is 11.4 Å². The second-order valence-corrected chi connectivity index (χ2v) is 4.28. The van der Waals surface area contributed by atoms with Crippen molar-refractivity contribution in [1.29, 1.82) is 0 Å². The van der Waals surface area contributed by atoms with E-state index in [-0.39, 0.29) is 0 Å². The largest absolute Gasteiger partial charge is 0.221 e. The van der Waals surface area contributed by atoms with Crippen molar-refractivity contribution in [3.05, 3.63) is 27.2 Å². The van der Waals surface area contributed by atoms with E-state index < -0.39 is 0 Å². The molecule has 0 amide bonds. The van der Waals surface area contributed by atoms with Gasteiger partial charge >= 0.3 is 0 Å². The van der Waals surface area contributed by atoms with Gasteiger partial charge in [-0.1, -0.05) is 11.6 Å². The predicted octanol–water partition coefficient (Wildman–Crippen LogP) is 2.12. The molecule has 2 aromatic rings. The lowest BCUT2D eigenvalue weighted by molar-refractivity contribution is 0.670. The zero-order valence-corrected chi connectivity index (χ0v) is 9.25. The van der Waals surface area contributed by atoms with Crippen molar-refractivity contribution in [2.45, 2.75) is 6.54 Å². The molecular weight excluding hydrogens is 267 g/mol. The van der Waals surface area contributed by atoms with Crippen LogP contribution in [0, 0.1) is 0 Å². The molecule has 0 fully saturated rings. The quantitative estimate of drug-likeness (QED) is 0.629. The van der Waals surface area contributed by atoms with Crippen LogP contribution in [0.15, 0.2) is 16.6 Å². The highest BCUT2D eigenvalue weighted by atomic mass is 79.9. The number of tetrazole rings is 1. The first-order valence-electron chi connectivity index (χ1n) is 4.01. The average molecular weight is 272 g/mol. The maximum absolute atomic E-state index is 6.15. The SMILES string of the molecule is Clc1c(Br)ccc2c1Cn1nnnc1-2. The van der Waals surface area contributed by atoms with Crippen LogP contribution in [0.25, 0.3) is 11.4 Å². The number of nitrogens with zero attached hydrogens (tertiary/aromatic N) is 4. The number of hydrogen-bond donors (Lipinski definition) is 0. The van der Waals surface area contributed by atoms with Crippen LogP contribution < -0.4 is 0 Å². The van der Waals surface area contributed by atoms with Crippen LogP contribution in [0.2, 0.25) is 5.02 Å². The Hall–Kier alpha value is -0.940. The molecule has 0 aliphatic carbocycles. The molecule has 14 heavy (non-hydrogen) atoms. The van der Waals surface area contributed by atoms with Gasteiger partial charge in [-0.3, -0.25) is 0 Å². The van der Waals surface area contributed by atoms with Crippen molar-refractivity contribution < 1.29 is 0 Å². The first-order valence-corrected chi connectivity index (χ1v) is 5.18. The standard InChI is InChI=1S/C8H4BrClN4/c9-6-2-1-4-5(7(6)10)3-14-8(4)11-12-13-14/h1-2H,3H2. The Labute approximate surface area is 93.0 Å². The minimum Gasteiger partial charge on any atom is -0.221 e. The van der Waals surface area contributed by atoms with Gasteiger partial charge < -0.3 is 0 Å². The van der Waals surface area contributed by atoms with Gasteiger partial charge in [0, 0.05) is 15.6 Å². The van der Waals surface area contributed by atoms with Crippen molar-refractivity contribution in [3.63, 3.8) is 0 Å². The maximum Gasteiger partial charge on any atom is 0.182 e. The molecule has 1 aliphatic rings. The number of fused-ring (bicyclic) bond motifs is 3. The second-order valence-electron chi connectivity index (χ2n) is 3.05. The molecule has 0 bridgehead atoms. The summed E-state index contributed by atoms with van der Waals surface area (Å²) in [5.74, 6) is 0.786. The summed E-state index contributed by atoms with van der Waals surface area (Å²) in [7, 11) is 0. The number of halogens is 2. The Balaban J connectivity index is 2.32. The topological polar surface area (TPSA) is 43.6 Å². The first kappa shape index (κ1) is 8.38. The van der Waals surface area contributed by atoms with Gasteiger partial charge in [0.1, 0.15) is 0 Å². The maximum atomic E-state index is 6.15. The van der Waals surface area contributed by atoms with Gasteiger partial charge in [0.05, 0.1) is 11.6 Å². The average Bonchev–Trinajstić information content (AvgIpc) is 2.71. The van der Waals surface area contributed by atoms with E-state index in [2.05, 4.69) is 31.5 Å². The fraction of sp³-hybridized carbons (Fsp3) is 0.125. The third kappa shape index (κ3) is 0.965. The molecule has 0 saturated carbocycles. The Morgan fingerprint density at radius 1 is 1.43 bits per heavy atom. The van der Waals surface area contributed by atoms with Gasteiger partial charge in [-0.05, 0) is 38.5 Å². The number of benzene rings is 1. The lowest BCUT2D eigenvalue weighted by Crippen LogP contribution is -1.95. The van der Waals surface area contributed by atoms with E-state index in [9.17, 15) is 0 Å². The summed E-state index contributed by atoms with van der Waals surface area (Å²) in [5.41, 5.74) is 2.07. The molecule has 1 aromatic carbocycles. The number of rotatable bonds is 0. The number of hydrogen-bond acceptors (Lipinski definition) is 3. The van der Waals surface area contributed by atoms with E-state index in [1.165, 1.54) is 0 Å². The van der Waals surface area contributed by atoms with E-state index in [4.69, 9.17) is 11.6 Å². The van der Waals surface area contributed by atoms with Crippen molar-refractivity contribution in [2.24, 2.45) is 0 Å². The van der Waals surface area contributed by atoms with E-state index in [1.807, 2.05) is 12.1 Å². The van der Waals surface area contributed by atoms with Crippen LogP contribution in [0.3, 0.4) is 0 Å². The Morgan fingerprint density at radius 3 is 3.14 bits per heavy atom. The highest BCUT2D eigenvalue weighted by Crippen LogP contribution is 2.37. The lowest BCUT2D eigenvalue weighted by Gasteiger charge is -2.01. The predicted molar refractivity (Wildman–Crippen MR) is 55.1 cm³/mol. The Morgan fingerprint density at radius 2 is 2.29 bits per heavy atom. The molecule has 2 heterocycles. The second kappa shape index (κ2) is 2.77. The van der Waals surface area contributed by atoms with Crippen LogP contribution in [0.1, 0.15) is 5.56 Å². The molecule has 6 heteroatoms. The third-order valence-corrected chi connectivity index (χ3v) is 3.60. The van der Waals surface area contributed by atoms with E-state index >= 15 is 0 Å². The molecule has 1 aromatic heterocycles. The van der Waals surface area contributed by atoms with Gasteiger partial charge in [-0.25, -0.2) is 4.68 Å². The molecule has 0 spiro atoms. The zero-order valence-electron chi connectivity index (χ0n) is 6.91. The Bertz CT molecular complexity index is 522. The minimum atomic E-state index is 0.649. The van der Waals surface area contributed by atoms with Gasteiger partial charge in [-0.15, -0.1) is 5.10 Å². The summed E-state index contributed by atoms with van der Waals surface area (Å²) in [6, 6.07) is 3.88. The molecule has 0 N–H and O–H groups in total. The normalized spacial score (nSPS) is 12.7. The highest BCUT2D eigenvalue weighted by Gasteiger charge is 2.24. The highest BCUT2D eigenvalue weighted by molar-refractivity contribution is 9.10. The van der Waals surface area contributed by atoms with Crippen LogP contribution >= 0.6 is 27.5 Å². The van der Waals surface area contributed by atoms with Crippen LogP contribution in [-0.2, 0) is 6.54 Å². The van der Waals surface area contributed by atoms with Crippen LogP contribution in [-0.4, -0.2) is 20.2 Å². The first-order chi connectivity index (χ1) is 6.77. The van der Waals surface area contributed by atoms with Crippen molar-refractivity contribution >= 4 is 27.5 Å². The summed E-state index contributed by atoms with van der Waals surface area (Å²) >= 11 is 9.53. The van der Waals surface area contributed by atoms with Crippen molar-refractivity contribution in [1.82, 2.24) is 20.2 Å². The van der Waals surface area contributed by atoms with E-state index in [0.717, 1.165) is 26.4 Å². The monoisotopic (exact) mass is 270 g/mol. The summed E-state index contributed by atoms with van der Waals surface area (Å²) in [6.07, 6.45) is 0. The Kier molecular flexibility index (Phi) is 1.66. The summed E-state index contributed by atoms with van der Waals surface area (Å²) < 4.78 is 2.64. The van der Waals surface area contributed by atoms with Gasteiger partial charge in [0.25, 0.3) is 0 Å². The molecule has 0 atom stereocenters.